The second-order valence-electron chi connectivity index (χ2n) is 4.27. The molecule has 0 fully saturated rings. The standard InChI is InChI=1S/C14H24N2O/c1-4-6-13(15-3)8-7-12-9-14(17-5-2)11-16-10-12/h9-11,13,15H,4-8H2,1-3H3. The molecule has 0 saturated heterocycles. The lowest BCUT2D eigenvalue weighted by Gasteiger charge is -2.15. The minimum absolute atomic E-state index is 0.607. The highest BCUT2D eigenvalue weighted by Gasteiger charge is 2.05. The summed E-state index contributed by atoms with van der Waals surface area (Å²) in [5.41, 5.74) is 1.26. The number of aryl methyl sites for hydroxylation is 1. The third-order valence-corrected chi connectivity index (χ3v) is 2.91. The van der Waals surface area contributed by atoms with Crippen LogP contribution in [0.5, 0.6) is 5.75 Å². The minimum atomic E-state index is 0.607. The zero-order chi connectivity index (χ0) is 12.5. The molecule has 3 nitrogen and oxygen atoms in total. The van der Waals surface area contributed by atoms with E-state index in [2.05, 4.69) is 23.3 Å². The predicted octanol–water partition coefficient (Wildman–Crippen LogP) is 2.80. The molecule has 0 aliphatic heterocycles. The van der Waals surface area contributed by atoms with Crippen LogP contribution in [0.4, 0.5) is 0 Å². The second-order valence-corrected chi connectivity index (χ2v) is 4.27. The third kappa shape index (κ3) is 5.18. The smallest absolute Gasteiger partial charge is 0.137 e. The molecule has 0 aliphatic rings. The molecule has 1 unspecified atom stereocenters. The Morgan fingerprint density at radius 1 is 1.29 bits per heavy atom. The van der Waals surface area contributed by atoms with E-state index in [4.69, 9.17) is 4.74 Å². The van der Waals surface area contributed by atoms with Crippen LogP contribution in [0.15, 0.2) is 18.5 Å². The predicted molar refractivity (Wildman–Crippen MR) is 71.5 cm³/mol. The number of hydrogen-bond donors (Lipinski definition) is 1. The van der Waals surface area contributed by atoms with Crippen LogP contribution in [-0.4, -0.2) is 24.7 Å². The van der Waals surface area contributed by atoms with Crippen molar-refractivity contribution in [3.63, 3.8) is 0 Å². The van der Waals surface area contributed by atoms with Crippen molar-refractivity contribution in [1.82, 2.24) is 10.3 Å². The molecule has 1 aromatic heterocycles. The molecule has 0 radical (unpaired) electrons. The lowest BCUT2D eigenvalue weighted by molar-refractivity contribution is 0.338. The van der Waals surface area contributed by atoms with Crippen molar-refractivity contribution in [2.24, 2.45) is 0 Å². The summed E-state index contributed by atoms with van der Waals surface area (Å²) in [5, 5.41) is 3.36. The fourth-order valence-electron chi connectivity index (χ4n) is 1.97. The van der Waals surface area contributed by atoms with E-state index in [-0.39, 0.29) is 0 Å². The van der Waals surface area contributed by atoms with Crippen molar-refractivity contribution in [3.8, 4) is 5.75 Å². The molecule has 3 heteroatoms. The summed E-state index contributed by atoms with van der Waals surface area (Å²) in [6, 6.07) is 2.70. The largest absolute Gasteiger partial charge is 0.492 e. The maximum Gasteiger partial charge on any atom is 0.137 e. The number of nitrogens with zero attached hydrogens (tertiary/aromatic N) is 1. The molecule has 0 aromatic carbocycles. The molecule has 17 heavy (non-hydrogen) atoms. The van der Waals surface area contributed by atoms with Gasteiger partial charge in [-0.2, -0.15) is 0 Å². The van der Waals surface area contributed by atoms with Crippen LogP contribution in [0.3, 0.4) is 0 Å². The van der Waals surface area contributed by atoms with Gasteiger partial charge in [-0.25, -0.2) is 0 Å². The monoisotopic (exact) mass is 236 g/mol. The molecule has 1 N–H and O–H groups in total. The number of nitrogens with one attached hydrogen (secondary N) is 1. The maximum absolute atomic E-state index is 5.45. The van der Waals surface area contributed by atoms with E-state index >= 15 is 0 Å². The van der Waals surface area contributed by atoms with Crippen LogP contribution < -0.4 is 10.1 Å². The van der Waals surface area contributed by atoms with Gasteiger partial charge in [0.15, 0.2) is 0 Å². The van der Waals surface area contributed by atoms with Gasteiger partial charge in [0.2, 0.25) is 0 Å². The Hall–Kier alpha value is -1.09. The topological polar surface area (TPSA) is 34.1 Å². The first kappa shape index (κ1) is 14.0. The zero-order valence-corrected chi connectivity index (χ0v) is 11.2. The van der Waals surface area contributed by atoms with Crippen molar-refractivity contribution in [2.75, 3.05) is 13.7 Å². The van der Waals surface area contributed by atoms with E-state index in [0.29, 0.717) is 12.6 Å². The van der Waals surface area contributed by atoms with Crippen molar-refractivity contribution >= 4 is 0 Å². The highest BCUT2D eigenvalue weighted by atomic mass is 16.5. The molecular formula is C14H24N2O. The van der Waals surface area contributed by atoms with Gasteiger partial charge in [0, 0.05) is 12.2 Å². The van der Waals surface area contributed by atoms with Gasteiger partial charge < -0.3 is 10.1 Å². The maximum atomic E-state index is 5.45. The van der Waals surface area contributed by atoms with Gasteiger partial charge in [-0.05, 0) is 44.9 Å². The first-order valence-electron chi connectivity index (χ1n) is 6.54. The second kappa shape index (κ2) is 8.07. The Bertz CT molecular complexity index is 315. The van der Waals surface area contributed by atoms with Crippen molar-refractivity contribution in [3.05, 3.63) is 24.0 Å². The van der Waals surface area contributed by atoms with E-state index in [9.17, 15) is 0 Å². The molecular weight excluding hydrogens is 212 g/mol. The fourth-order valence-corrected chi connectivity index (χ4v) is 1.97. The molecule has 96 valence electrons. The number of ether oxygens (including phenoxy) is 1. The van der Waals surface area contributed by atoms with E-state index in [1.165, 1.54) is 18.4 Å². The average molecular weight is 236 g/mol. The number of hydrogen-bond acceptors (Lipinski definition) is 3. The first-order valence-corrected chi connectivity index (χ1v) is 6.54. The Kier molecular flexibility index (Phi) is 6.63. The van der Waals surface area contributed by atoms with Gasteiger partial charge in [0.05, 0.1) is 12.8 Å². The summed E-state index contributed by atoms with van der Waals surface area (Å²) in [4.78, 5) is 4.21. The average Bonchev–Trinajstić information content (AvgIpc) is 2.35. The van der Waals surface area contributed by atoms with Gasteiger partial charge in [0.1, 0.15) is 5.75 Å². The van der Waals surface area contributed by atoms with E-state index in [1.807, 2.05) is 20.2 Å². The third-order valence-electron chi connectivity index (χ3n) is 2.91. The van der Waals surface area contributed by atoms with Gasteiger partial charge in [-0.1, -0.05) is 13.3 Å². The van der Waals surface area contributed by atoms with Crippen molar-refractivity contribution in [1.29, 1.82) is 0 Å². The van der Waals surface area contributed by atoms with Crippen molar-refractivity contribution in [2.45, 2.75) is 45.6 Å². The lowest BCUT2D eigenvalue weighted by Crippen LogP contribution is -2.25. The molecule has 1 aromatic rings. The Morgan fingerprint density at radius 3 is 2.76 bits per heavy atom. The summed E-state index contributed by atoms with van der Waals surface area (Å²) >= 11 is 0. The molecule has 1 atom stereocenters. The van der Waals surface area contributed by atoms with Crippen LogP contribution in [0, 0.1) is 0 Å². The van der Waals surface area contributed by atoms with E-state index in [0.717, 1.165) is 18.6 Å². The zero-order valence-electron chi connectivity index (χ0n) is 11.2. The normalized spacial score (nSPS) is 12.4. The molecule has 1 rings (SSSR count). The number of aromatic nitrogens is 1. The number of rotatable bonds is 8. The minimum Gasteiger partial charge on any atom is -0.492 e. The Balaban J connectivity index is 2.47. The Morgan fingerprint density at radius 2 is 2.12 bits per heavy atom. The molecule has 0 amide bonds. The highest BCUT2D eigenvalue weighted by Crippen LogP contribution is 2.14. The van der Waals surface area contributed by atoms with Gasteiger partial charge in [-0.15, -0.1) is 0 Å². The van der Waals surface area contributed by atoms with Gasteiger partial charge in [-0.3, -0.25) is 4.98 Å². The molecule has 0 saturated carbocycles. The molecule has 0 aliphatic carbocycles. The van der Waals surface area contributed by atoms with Crippen LogP contribution in [-0.2, 0) is 6.42 Å². The molecule has 0 spiro atoms. The summed E-state index contributed by atoms with van der Waals surface area (Å²) < 4.78 is 5.45. The van der Waals surface area contributed by atoms with Crippen LogP contribution in [0.2, 0.25) is 0 Å². The SMILES string of the molecule is CCCC(CCc1cncc(OCC)c1)NC. The van der Waals surface area contributed by atoms with Gasteiger partial charge >= 0.3 is 0 Å². The van der Waals surface area contributed by atoms with Crippen LogP contribution in [0.25, 0.3) is 0 Å². The van der Waals surface area contributed by atoms with Crippen LogP contribution >= 0.6 is 0 Å². The van der Waals surface area contributed by atoms with Crippen molar-refractivity contribution < 1.29 is 4.74 Å². The summed E-state index contributed by atoms with van der Waals surface area (Å²) in [6.45, 7) is 4.91. The lowest BCUT2D eigenvalue weighted by atomic mass is 10.0. The van der Waals surface area contributed by atoms with Crippen LogP contribution in [0.1, 0.15) is 38.7 Å². The molecule has 1 heterocycles. The Labute approximate surface area is 105 Å². The number of pyridine rings is 1. The van der Waals surface area contributed by atoms with Gasteiger partial charge in [0.25, 0.3) is 0 Å². The molecule has 0 bridgehead atoms. The summed E-state index contributed by atoms with van der Waals surface area (Å²) in [5.74, 6) is 0.876. The summed E-state index contributed by atoms with van der Waals surface area (Å²) in [6.07, 6.45) is 8.37. The summed E-state index contributed by atoms with van der Waals surface area (Å²) in [7, 11) is 2.04. The highest BCUT2D eigenvalue weighted by molar-refractivity contribution is 5.23. The quantitative estimate of drug-likeness (QED) is 0.753. The van der Waals surface area contributed by atoms with E-state index < -0.39 is 0 Å². The van der Waals surface area contributed by atoms with E-state index in [1.54, 1.807) is 6.20 Å². The first-order chi connectivity index (χ1) is 8.30. The fraction of sp³-hybridized carbons (Fsp3) is 0.643.